The molecule has 0 aliphatic rings. The van der Waals surface area contributed by atoms with E-state index in [1.165, 1.54) is 4.70 Å². The Morgan fingerprint density at radius 1 is 1.00 bits per heavy atom. The lowest BCUT2D eigenvalue weighted by Crippen LogP contribution is -1.75. The van der Waals surface area contributed by atoms with Crippen LogP contribution in [0.5, 0.6) is 0 Å². The molecule has 0 bridgehead atoms. The summed E-state index contributed by atoms with van der Waals surface area (Å²) in [6, 6.07) is 18.0. The number of nitrogens with zero attached hydrogens (tertiary/aromatic N) is 1. The molecule has 0 aliphatic carbocycles. The fourth-order valence-corrected chi connectivity index (χ4v) is 2.95. The van der Waals surface area contributed by atoms with Gasteiger partial charge in [-0.2, -0.15) is 0 Å². The summed E-state index contributed by atoms with van der Waals surface area (Å²) in [5, 5.41) is 1.65. The van der Waals surface area contributed by atoms with E-state index in [0.717, 1.165) is 21.1 Å². The van der Waals surface area contributed by atoms with Crippen LogP contribution in [-0.4, -0.2) is 4.98 Å². The first-order valence-electron chi connectivity index (χ1n) is 5.61. The van der Waals surface area contributed by atoms with E-state index in [4.69, 9.17) is 11.6 Å². The van der Waals surface area contributed by atoms with Crippen LogP contribution >= 0.6 is 22.9 Å². The molecule has 3 rings (SSSR count). The first kappa shape index (κ1) is 11.5. The van der Waals surface area contributed by atoms with Gasteiger partial charge in [-0.05, 0) is 23.8 Å². The van der Waals surface area contributed by atoms with Crippen LogP contribution in [0.3, 0.4) is 0 Å². The number of thiazole rings is 1. The summed E-state index contributed by atoms with van der Waals surface area (Å²) in [6.45, 7) is 0. The average molecular weight is 272 g/mol. The number of halogens is 1. The zero-order valence-corrected chi connectivity index (χ0v) is 11.1. The third-order valence-electron chi connectivity index (χ3n) is 2.61. The lowest BCUT2D eigenvalue weighted by molar-refractivity contribution is 1.46. The van der Waals surface area contributed by atoms with Crippen molar-refractivity contribution in [2.75, 3.05) is 0 Å². The van der Waals surface area contributed by atoms with Gasteiger partial charge in [-0.1, -0.05) is 54.1 Å². The molecule has 0 saturated carbocycles. The molecule has 0 unspecified atom stereocenters. The molecule has 88 valence electrons. The third-order valence-corrected chi connectivity index (χ3v) is 3.92. The van der Waals surface area contributed by atoms with Crippen molar-refractivity contribution in [3.05, 3.63) is 65.2 Å². The molecule has 1 nitrogen and oxygen atoms in total. The fourth-order valence-electron chi connectivity index (χ4n) is 1.74. The Bertz CT molecular complexity index is 668. The van der Waals surface area contributed by atoms with Crippen molar-refractivity contribution < 1.29 is 0 Å². The van der Waals surface area contributed by atoms with E-state index >= 15 is 0 Å². The molecule has 3 heteroatoms. The predicted octanol–water partition coefficient (Wildman–Crippen LogP) is 5.03. The quantitative estimate of drug-likeness (QED) is 0.637. The monoisotopic (exact) mass is 271 g/mol. The smallest absolute Gasteiger partial charge is 0.118 e. The van der Waals surface area contributed by atoms with Gasteiger partial charge >= 0.3 is 0 Å². The number of para-hydroxylation sites is 1. The van der Waals surface area contributed by atoms with Crippen LogP contribution in [0, 0.1) is 0 Å². The molecule has 0 saturated heterocycles. The molecule has 1 heterocycles. The van der Waals surface area contributed by atoms with Crippen molar-refractivity contribution in [1.29, 1.82) is 0 Å². The second kappa shape index (κ2) is 4.92. The van der Waals surface area contributed by atoms with Crippen molar-refractivity contribution in [3.8, 4) is 0 Å². The maximum atomic E-state index is 6.30. The molecule has 0 atom stereocenters. The van der Waals surface area contributed by atoms with Gasteiger partial charge in [0.15, 0.2) is 0 Å². The minimum absolute atomic E-state index is 0.717. The Labute approximate surface area is 114 Å². The molecule has 0 spiro atoms. The van der Waals surface area contributed by atoms with Crippen molar-refractivity contribution in [2.24, 2.45) is 0 Å². The standard InChI is InChI=1S/C15H10ClNS/c16-12(11-6-2-1-3-7-11)10-15-17-13-8-4-5-9-14(13)18-15/h1-10H/b12-10-. The highest BCUT2D eigenvalue weighted by molar-refractivity contribution is 7.19. The lowest BCUT2D eigenvalue weighted by atomic mass is 10.2. The van der Waals surface area contributed by atoms with Crippen molar-refractivity contribution in [1.82, 2.24) is 4.98 Å². The molecule has 3 aromatic rings. The van der Waals surface area contributed by atoms with Crippen molar-refractivity contribution in [3.63, 3.8) is 0 Å². The third kappa shape index (κ3) is 2.30. The molecule has 0 fully saturated rings. The molecule has 0 radical (unpaired) electrons. The number of benzene rings is 2. The molecule has 0 amide bonds. The van der Waals surface area contributed by atoms with Crippen LogP contribution in [0.1, 0.15) is 10.6 Å². The Kier molecular flexibility index (Phi) is 3.13. The molecule has 18 heavy (non-hydrogen) atoms. The maximum absolute atomic E-state index is 6.30. The summed E-state index contributed by atoms with van der Waals surface area (Å²) in [4.78, 5) is 4.54. The summed E-state index contributed by atoms with van der Waals surface area (Å²) < 4.78 is 1.18. The molecular weight excluding hydrogens is 262 g/mol. The van der Waals surface area contributed by atoms with Gasteiger partial charge in [0.05, 0.1) is 15.2 Å². The van der Waals surface area contributed by atoms with Crippen LogP contribution in [-0.2, 0) is 0 Å². The zero-order valence-electron chi connectivity index (χ0n) is 9.51. The normalized spacial score (nSPS) is 11.9. The van der Waals surface area contributed by atoms with Gasteiger partial charge in [0.2, 0.25) is 0 Å². The van der Waals surface area contributed by atoms with Crippen LogP contribution in [0.25, 0.3) is 21.3 Å². The SMILES string of the molecule is Cl/C(=C\c1nc2ccccc2s1)c1ccccc1. The van der Waals surface area contributed by atoms with Gasteiger partial charge in [0.25, 0.3) is 0 Å². The minimum Gasteiger partial charge on any atom is -0.237 e. The average Bonchev–Trinajstić information content (AvgIpc) is 2.82. The fraction of sp³-hybridized carbons (Fsp3) is 0. The number of aromatic nitrogens is 1. The van der Waals surface area contributed by atoms with Gasteiger partial charge < -0.3 is 0 Å². The molecule has 2 aromatic carbocycles. The molecular formula is C15H10ClNS. The van der Waals surface area contributed by atoms with Gasteiger partial charge in [-0.25, -0.2) is 4.98 Å². The summed E-state index contributed by atoms with van der Waals surface area (Å²) in [6.07, 6.45) is 1.92. The van der Waals surface area contributed by atoms with Gasteiger partial charge in [-0.15, -0.1) is 11.3 Å². The summed E-state index contributed by atoms with van der Waals surface area (Å²) in [7, 11) is 0. The first-order valence-corrected chi connectivity index (χ1v) is 6.80. The number of fused-ring (bicyclic) bond motifs is 1. The Morgan fingerprint density at radius 3 is 2.50 bits per heavy atom. The number of hydrogen-bond donors (Lipinski definition) is 0. The number of hydrogen-bond acceptors (Lipinski definition) is 2. The maximum Gasteiger partial charge on any atom is 0.118 e. The second-order valence-corrected chi connectivity index (χ2v) is 5.35. The first-order chi connectivity index (χ1) is 8.83. The van der Waals surface area contributed by atoms with E-state index in [1.807, 2.05) is 54.6 Å². The van der Waals surface area contributed by atoms with Crippen molar-refractivity contribution in [2.45, 2.75) is 0 Å². The van der Waals surface area contributed by atoms with E-state index in [1.54, 1.807) is 11.3 Å². The Hall–Kier alpha value is -1.64. The van der Waals surface area contributed by atoms with Gasteiger partial charge in [-0.3, -0.25) is 0 Å². The number of rotatable bonds is 2. The summed E-state index contributed by atoms with van der Waals surface area (Å²) in [5.74, 6) is 0. The summed E-state index contributed by atoms with van der Waals surface area (Å²) in [5.41, 5.74) is 2.03. The predicted molar refractivity (Wildman–Crippen MR) is 79.8 cm³/mol. The Morgan fingerprint density at radius 2 is 1.72 bits per heavy atom. The molecule has 0 aliphatic heterocycles. The van der Waals surface area contributed by atoms with Crippen LogP contribution in [0.2, 0.25) is 0 Å². The van der Waals surface area contributed by atoms with E-state index in [-0.39, 0.29) is 0 Å². The highest BCUT2D eigenvalue weighted by Crippen LogP contribution is 2.27. The van der Waals surface area contributed by atoms with Crippen LogP contribution in [0.15, 0.2) is 54.6 Å². The second-order valence-electron chi connectivity index (χ2n) is 3.88. The molecule has 1 aromatic heterocycles. The molecule has 0 N–H and O–H groups in total. The van der Waals surface area contributed by atoms with E-state index in [9.17, 15) is 0 Å². The van der Waals surface area contributed by atoms with E-state index in [0.29, 0.717) is 0 Å². The van der Waals surface area contributed by atoms with E-state index in [2.05, 4.69) is 11.1 Å². The van der Waals surface area contributed by atoms with Crippen LogP contribution < -0.4 is 0 Å². The summed E-state index contributed by atoms with van der Waals surface area (Å²) >= 11 is 7.94. The zero-order chi connectivity index (χ0) is 12.4. The van der Waals surface area contributed by atoms with Crippen LogP contribution in [0.4, 0.5) is 0 Å². The highest BCUT2D eigenvalue weighted by atomic mass is 35.5. The Balaban J connectivity index is 2.00. The van der Waals surface area contributed by atoms with E-state index < -0.39 is 0 Å². The highest BCUT2D eigenvalue weighted by Gasteiger charge is 2.02. The minimum atomic E-state index is 0.717. The topological polar surface area (TPSA) is 12.9 Å². The van der Waals surface area contributed by atoms with Gasteiger partial charge in [0, 0.05) is 0 Å². The lowest BCUT2D eigenvalue weighted by Gasteiger charge is -1.96. The van der Waals surface area contributed by atoms with Crippen molar-refractivity contribution >= 4 is 44.3 Å². The van der Waals surface area contributed by atoms with Gasteiger partial charge in [0.1, 0.15) is 5.01 Å². The largest absolute Gasteiger partial charge is 0.237 e.